The zero-order chi connectivity index (χ0) is 20.8. The fourth-order valence-corrected chi connectivity index (χ4v) is 3.43. The van der Waals surface area contributed by atoms with Crippen LogP contribution in [0.2, 0.25) is 0 Å². The molecule has 1 aliphatic heterocycles. The average molecular weight is 668 g/mol. The van der Waals surface area contributed by atoms with Crippen LogP contribution >= 0.6 is 0 Å². The van der Waals surface area contributed by atoms with Crippen LogP contribution in [0.15, 0.2) is 27.4 Å². The molecule has 1 aromatic heterocycles. The Hall–Kier alpha value is 0.468. The number of Topliss-reactive ketones (excluding diaryl/α,β-unsaturated/α-hetero) is 1. The van der Waals surface area contributed by atoms with Crippen molar-refractivity contribution in [1.29, 1.82) is 0 Å². The molecule has 30 heavy (non-hydrogen) atoms. The Morgan fingerprint density at radius 2 is 1.87 bits per heavy atom. The Labute approximate surface area is 241 Å². The number of aliphatic hydroxyl groups excluding tert-OH is 2. The van der Waals surface area contributed by atoms with Crippen LogP contribution in [-0.4, -0.2) is 91.5 Å². The predicted octanol–water partition coefficient (Wildman–Crippen LogP) is 1.72. The molecule has 2 heterocycles. The van der Waals surface area contributed by atoms with Gasteiger partial charge in [0.1, 0.15) is 23.2 Å². The topological polar surface area (TPSA) is 106 Å². The van der Waals surface area contributed by atoms with Crippen LogP contribution in [0.3, 0.4) is 0 Å². The van der Waals surface area contributed by atoms with E-state index in [1.165, 1.54) is 6.92 Å². The molecule has 1 aliphatic rings. The Balaban J connectivity index is 0.00000225. The standard InChI is InChI=1S/C21H26O7.K.U/c1-10(22)8-14-9-13-6-7-15(11(2)18(13)27-19(14)25)26-20-17(24)16(23)12(3)21(4,5)28-20;;/h6-7,9,12,16-17,20,23-24H,8H2,1-5H3;;. The molecule has 1 saturated heterocycles. The average Bonchev–Trinajstić information content (AvgIpc) is 2.61. The smallest absolute Gasteiger partial charge is 0.339 e. The van der Waals surface area contributed by atoms with Crippen molar-refractivity contribution in [3.8, 4) is 5.75 Å². The number of aliphatic hydroxyl groups is 2. The quantitative estimate of drug-likeness (QED) is 0.378. The first-order chi connectivity index (χ1) is 13.0. The molecule has 1 fully saturated rings. The van der Waals surface area contributed by atoms with E-state index in [1.54, 1.807) is 32.0 Å². The third-order valence-corrected chi connectivity index (χ3v) is 5.51. The van der Waals surface area contributed by atoms with Gasteiger partial charge >= 0.3 is 5.63 Å². The number of carbonyl (C=O) groups is 1. The fraction of sp³-hybridized carbons (Fsp3) is 0.524. The van der Waals surface area contributed by atoms with Crippen molar-refractivity contribution in [2.45, 2.75) is 65.1 Å². The molecule has 3 rings (SSSR count). The maximum atomic E-state index is 12.2. The van der Waals surface area contributed by atoms with E-state index in [4.69, 9.17) is 13.9 Å². The second kappa shape index (κ2) is 11.1. The van der Waals surface area contributed by atoms with Crippen molar-refractivity contribution in [2.24, 2.45) is 5.92 Å². The van der Waals surface area contributed by atoms with E-state index in [2.05, 4.69) is 0 Å². The first-order valence-electron chi connectivity index (χ1n) is 9.27. The summed E-state index contributed by atoms with van der Waals surface area (Å²) in [6, 6.07) is 5.03. The molecule has 1 aromatic carbocycles. The van der Waals surface area contributed by atoms with E-state index in [-0.39, 0.29) is 101 Å². The van der Waals surface area contributed by atoms with Crippen LogP contribution in [0.5, 0.6) is 5.75 Å². The molecule has 157 valence electrons. The number of aryl methyl sites for hydroxylation is 1. The summed E-state index contributed by atoms with van der Waals surface area (Å²) in [5.74, 6) is -0.0310. The zero-order valence-electron chi connectivity index (χ0n) is 18.2. The maximum absolute atomic E-state index is 12.2. The summed E-state index contributed by atoms with van der Waals surface area (Å²) in [5.41, 5.74) is -0.0541. The number of carbonyl (C=O) groups excluding carboxylic acids is 1. The third kappa shape index (κ3) is 5.87. The zero-order valence-corrected chi connectivity index (χ0v) is 25.5. The van der Waals surface area contributed by atoms with E-state index < -0.39 is 29.7 Å². The molecule has 9 heteroatoms. The van der Waals surface area contributed by atoms with E-state index in [0.717, 1.165) is 0 Å². The minimum Gasteiger partial charge on any atom is -0.462 e. The van der Waals surface area contributed by atoms with Gasteiger partial charge in [-0.15, -0.1) is 0 Å². The van der Waals surface area contributed by atoms with Crippen LogP contribution in [0, 0.1) is 44.0 Å². The number of ether oxygens (including phenoxy) is 2. The molecular formula is C21H26KO7U. The number of hydrogen-bond donors (Lipinski definition) is 2. The molecule has 2 aromatic rings. The van der Waals surface area contributed by atoms with Gasteiger partial charge < -0.3 is 24.1 Å². The minimum absolute atomic E-state index is 0. The Morgan fingerprint density at radius 1 is 1.23 bits per heavy atom. The Morgan fingerprint density at radius 3 is 2.47 bits per heavy atom. The van der Waals surface area contributed by atoms with Gasteiger partial charge in [-0.1, -0.05) is 6.92 Å². The van der Waals surface area contributed by atoms with Crippen molar-refractivity contribution in [1.82, 2.24) is 0 Å². The van der Waals surface area contributed by atoms with E-state index in [1.807, 2.05) is 13.8 Å². The molecule has 0 bridgehead atoms. The van der Waals surface area contributed by atoms with Crippen molar-refractivity contribution in [2.75, 3.05) is 0 Å². The predicted molar refractivity (Wildman–Crippen MR) is 108 cm³/mol. The van der Waals surface area contributed by atoms with Crippen molar-refractivity contribution >= 4 is 68.1 Å². The van der Waals surface area contributed by atoms with Gasteiger partial charge in [-0.3, -0.25) is 4.79 Å². The molecular weight excluding hydrogens is 641 g/mol. The van der Waals surface area contributed by atoms with Crippen molar-refractivity contribution in [3.05, 3.63) is 39.7 Å². The first-order valence-corrected chi connectivity index (χ1v) is 9.27. The molecule has 2 N–H and O–H groups in total. The van der Waals surface area contributed by atoms with Gasteiger partial charge in [-0.05, 0) is 45.9 Å². The number of benzene rings is 1. The van der Waals surface area contributed by atoms with E-state index >= 15 is 0 Å². The first kappa shape index (κ1) is 28.5. The van der Waals surface area contributed by atoms with Gasteiger partial charge in [0, 0.05) is 111 Å². The Bertz CT molecular complexity index is 972. The van der Waals surface area contributed by atoms with Gasteiger partial charge in [0.15, 0.2) is 0 Å². The summed E-state index contributed by atoms with van der Waals surface area (Å²) < 4.78 is 17.1. The molecule has 0 amide bonds. The summed E-state index contributed by atoms with van der Waals surface area (Å²) in [5, 5.41) is 21.3. The van der Waals surface area contributed by atoms with E-state index in [0.29, 0.717) is 27.8 Å². The van der Waals surface area contributed by atoms with Crippen LogP contribution in [0.1, 0.15) is 38.8 Å². The van der Waals surface area contributed by atoms with Crippen LogP contribution < -0.4 is 10.4 Å². The summed E-state index contributed by atoms with van der Waals surface area (Å²) in [6.45, 7) is 8.60. The Kier molecular flexibility index (Phi) is 10.5. The summed E-state index contributed by atoms with van der Waals surface area (Å²) in [7, 11) is 0. The second-order valence-corrected chi connectivity index (χ2v) is 8.02. The van der Waals surface area contributed by atoms with Gasteiger partial charge in [-0.25, -0.2) is 4.79 Å². The summed E-state index contributed by atoms with van der Waals surface area (Å²) >= 11 is 0. The number of hydrogen-bond acceptors (Lipinski definition) is 7. The van der Waals surface area contributed by atoms with Gasteiger partial charge in [0.05, 0.1) is 11.7 Å². The number of fused-ring (bicyclic) bond motifs is 1. The van der Waals surface area contributed by atoms with Crippen LogP contribution in [-0.2, 0) is 16.0 Å². The summed E-state index contributed by atoms with van der Waals surface area (Å²) in [6.07, 6.45) is -3.27. The summed E-state index contributed by atoms with van der Waals surface area (Å²) in [4.78, 5) is 23.5. The maximum Gasteiger partial charge on any atom is 0.339 e. The van der Waals surface area contributed by atoms with Crippen LogP contribution in [0.4, 0.5) is 0 Å². The SMILES string of the molecule is CC(=O)Cc1cc2ccc(OC3OC(C)(C)C(C)C(O)C3O)c(C)c2oc1=O.[K].[U]. The van der Waals surface area contributed by atoms with Crippen molar-refractivity contribution < 1.29 is 60.0 Å². The number of ketones is 1. The molecule has 0 saturated carbocycles. The largest absolute Gasteiger partial charge is 0.462 e. The van der Waals surface area contributed by atoms with Gasteiger partial charge in [0.25, 0.3) is 0 Å². The minimum atomic E-state index is -1.22. The fourth-order valence-electron chi connectivity index (χ4n) is 3.43. The third-order valence-electron chi connectivity index (χ3n) is 5.51. The normalized spacial score (nSPS) is 25.2. The molecule has 4 unspecified atom stereocenters. The monoisotopic (exact) mass is 667 g/mol. The van der Waals surface area contributed by atoms with Gasteiger partial charge in [-0.2, -0.15) is 0 Å². The van der Waals surface area contributed by atoms with Crippen LogP contribution in [0.25, 0.3) is 11.0 Å². The molecule has 1 radical (unpaired) electrons. The molecule has 0 aliphatic carbocycles. The molecule has 7 nitrogen and oxygen atoms in total. The number of rotatable bonds is 4. The van der Waals surface area contributed by atoms with Gasteiger partial charge in [0.2, 0.25) is 6.29 Å². The molecule has 0 spiro atoms. The second-order valence-electron chi connectivity index (χ2n) is 8.02. The van der Waals surface area contributed by atoms with E-state index in [9.17, 15) is 19.8 Å². The molecule has 4 atom stereocenters. The van der Waals surface area contributed by atoms with Crippen molar-refractivity contribution in [3.63, 3.8) is 0 Å².